The van der Waals surface area contributed by atoms with E-state index in [1.54, 1.807) is 12.5 Å². The minimum Gasteiger partial charge on any atom is -0.372 e. The van der Waals surface area contributed by atoms with E-state index in [0.29, 0.717) is 0 Å². The third-order valence-electron chi connectivity index (χ3n) is 3.07. The summed E-state index contributed by atoms with van der Waals surface area (Å²) in [5, 5.41) is 8.71. The normalized spacial score (nSPS) is 16.9. The van der Waals surface area contributed by atoms with Crippen molar-refractivity contribution in [2.24, 2.45) is 0 Å². The van der Waals surface area contributed by atoms with E-state index < -0.39 is 0 Å². The summed E-state index contributed by atoms with van der Waals surface area (Å²) in [7, 11) is 3.97. The van der Waals surface area contributed by atoms with Crippen LogP contribution in [0.2, 0.25) is 0 Å². The molecule has 0 spiro atoms. The highest BCUT2D eigenvalue weighted by atomic mass is 15.3. The molecule has 3 N–H and O–H groups in total. The average molecular weight is 235 g/mol. The summed E-state index contributed by atoms with van der Waals surface area (Å²) in [6.07, 6.45) is 3.14. The second kappa shape index (κ2) is 5.09. The number of anilines is 2. The zero-order valence-corrected chi connectivity index (χ0v) is 10.3. The Morgan fingerprint density at radius 3 is 2.59 bits per heavy atom. The van der Waals surface area contributed by atoms with E-state index in [0.717, 1.165) is 43.4 Å². The lowest BCUT2D eigenvalue weighted by Gasteiger charge is -2.33. The second-order valence-electron chi connectivity index (χ2n) is 4.17. The Labute approximate surface area is 101 Å². The van der Waals surface area contributed by atoms with Crippen molar-refractivity contribution in [2.45, 2.75) is 0 Å². The molecule has 2 heterocycles. The van der Waals surface area contributed by atoms with Gasteiger partial charge >= 0.3 is 0 Å². The molecule has 0 amide bonds. The summed E-state index contributed by atoms with van der Waals surface area (Å²) in [5.41, 5.74) is 0.875. The molecule has 6 nitrogen and oxygen atoms in total. The molecule has 1 aromatic rings. The fourth-order valence-corrected chi connectivity index (χ4v) is 2.01. The minimum absolute atomic E-state index is 0.774. The van der Waals surface area contributed by atoms with E-state index in [4.69, 9.17) is 5.41 Å². The highest BCUT2D eigenvalue weighted by molar-refractivity contribution is 5.89. The van der Waals surface area contributed by atoms with Gasteiger partial charge in [0.25, 0.3) is 0 Å². The van der Waals surface area contributed by atoms with Crippen molar-refractivity contribution in [1.82, 2.24) is 14.9 Å². The van der Waals surface area contributed by atoms with Crippen LogP contribution in [0.4, 0.5) is 11.6 Å². The Kier molecular flexibility index (Phi) is 3.53. The molecule has 17 heavy (non-hydrogen) atoms. The first-order chi connectivity index (χ1) is 8.26. The molecule has 1 fully saturated rings. The van der Waals surface area contributed by atoms with Crippen molar-refractivity contribution in [1.29, 1.82) is 0 Å². The van der Waals surface area contributed by atoms with Gasteiger partial charge in [0.2, 0.25) is 0 Å². The maximum Gasteiger partial charge on any atom is 0.174 e. The smallest absolute Gasteiger partial charge is 0.174 e. The molecule has 0 aromatic carbocycles. The summed E-state index contributed by atoms with van der Waals surface area (Å²) >= 11 is 0. The van der Waals surface area contributed by atoms with E-state index in [9.17, 15) is 0 Å². The number of hydrogen-bond acceptors (Lipinski definition) is 5. The van der Waals surface area contributed by atoms with Crippen LogP contribution in [0, 0.1) is 0 Å². The van der Waals surface area contributed by atoms with E-state index in [2.05, 4.69) is 32.1 Å². The third kappa shape index (κ3) is 2.36. The van der Waals surface area contributed by atoms with Crippen LogP contribution in [0.15, 0.2) is 6.33 Å². The Balaban J connectivity index is 2.28. The second-order valence-corrected chi connectivity index (χ2v) is 4.17. The van der Waals surface area contributed by atoms with Gasteiger partial charge in [-0.1, -0.05) is 0 Å². The van der Waals surface area contributed by atoms with Crippen LogP contribution in [0.3, 0.4) is 0 Å². The van der Waals surface area contributed by atoms with Crippen LogP contribution in [0.25, 0.3) is 0 Å². The van der Waals surface area contributed by atoms with Crippen LogP contribution in [-0.4, -0.2) is 61.4 Å². The van der Waals surface area contributed by atoms with Crippen molar-refractivity contribution in [3.8, 4) is 0 Å². The first-order valence-corrected chi connectivity index (χ1v) is 5.77. The molecule has 0 bridgehead atoms. The van der Waals surface area contributed by atoms with Crippen molar-refractivity contribution >= 4 is 17.9 Å². The van der Waals surface area contributed by atoms with Crippen LogP contribution < -0.4 is 15.6 Å². The fraction of sp³-hybridized carbons (Fsp3) is 0.545. The largest absolute Gasteiger partial charge is 0.372 e. The van der Waals surface area contributed by atoms with Crippen LogP contribution in [0.5, 0.6) is 0 Å². The molecule has 2 rings (SSSR count). The molecule has 1 aromatic heterocycles. The zero-order valence-electron chi connectivity index (χ0n) is 10.3. The Morgan fingerprint density at radius 2 is 2.00 bits per heavy atom. The molecule has 0 saturated carbocycles. The fourth-order valence-electron chi connectivity index (χ4n) is 2.01. The molecular formula is C11H19N6+. The summed E-state index contributed by atoms with van der Waals surface area (Å²) in [4.78, 5) is 13.1. The van der Waals surface area contributed by atoms with Crippen LogP contribution in [0.1, 0.15) is 5.56 Å². The van der Waals surface area contributed by atoms with Gasteiger partial charge in [0.15, 0.2) is 6.21 Å². The maximum absolute atomic E-state index is 5.68. The Morgan fingerprint density at radius 1 is 1.29 bits per heavy atom. The molecule has 92 valence electrons. The average Bonchev–Trinajstić information content (AvgIpc) is 2.38. The molecule has 1 aliphatic rings. The molecule has 0 radical (unpaired) electrons. The van der Waals surface area contributed by atoms with Gasteiger partial charge in [0.1, 0.15) is 23.5 Å². The maximum atomic E-state index is 5.68. The Hall–Kier alpha value is -1.69. The molecule has 0 atom stereocenters. The molecule has 6 heteroatoms. The topological polar surface area (TPSA) is 69.9 Å². The van der Waals surface area contributed by atoms with Gasteiger partial charge in [-0.3, -0.25) is 5.41 Å². The predicted molar refractivity (Wildman–Crippen MR) is 68.4 cm³/mol. The summed E-state index contributed by atoms with van der Waals surface area (Å²) in [6.45, 7) is 4.03. The molecule has 0 unspecified atom stereocenters. The van der Waals surface area contributed by atoms with Gasteiger partial charge in [-0.15, -0.1) is 0 Å². The molecule has 1 aliphatic heterocycles. The monoisotopic (exact) mass is 235 g/mol. The number of nitrogens with zero attached hydrogens (tertiary/aromatic N) is 4. The number of nitrogens with one attached hydrogen (secondary N) is 1. The molecule has 1 saturated heterocycles. The molecule has 0 aliphatic carbocycles. The minimum atomic E-state index is 0.774. The van der Waals surface area contributed by atoms with Gasteiger partial charge in [-0.25, -0.2) is 9.97 Å². The van der Waals surface area contributed by atoms with Crippen molar-refractivity contribution in [2.75, 3.05) is 50.5 Å². The van der Waals surface area contributed by atoms with E-state index in [1.807, 2.05) is 7.05 Å². The number of piperazine rings is 1. The van der Waals surface area contributed by atoms with Gasteiger partial charge in [-0.2, -0.15) is 0 Å². The summed E-state index contributed by atoms with van der Waals surface area (Å²) < 4.78 is 0. The van der Waals surface area contributed by atoms with Crippen LogP contribution >= 0.6 is 0 Å². The van der Waals surface area contributed by atoms with E-state index >= 15 is 0 Å². The van der Waals surface area contributed by atoms with Gasteiger partial charge in [-0.05, 0) is 7.05 Å². The Bertz CT molecular complexity index is 397. The van der Waals surface area contributed by atoms with Gasteiger partial charge < -0.3 is 15.1 Å². The van der Waals surface area contributed by atoms with Crippen molar-refractivity contribution in [3.05, 3.63) is 11.9 Å². The van der Waals surface area contributed by atoms with E-state index in [1.165, 1.54) is 0 Å². The lowest BCUT2D eigenvalue weighted by Crippen LogP contribution is -2.45. The zero-order chi connectivity index (χ0) is 12.3. The number of likely N-dealkylation sites (N-methyl/N-ethyl adjacent to an activating group) is 1. The quantitative estimate of drug-likeness (QED) is 0.621. The van der Waals surface area contributed by atoms with E-state index in [-0.39, 0.29) is 0 Å². The standard InChI is InChI=1S/C11H18N6/c1-13-10-9(7-12)11(15-8-14-10)17-5-3-16(2)4-6-17/h7-8,12H,3-6H2,1-2H3,(H,13,14,15)/p+1. The van der Waals surface area contributed by atoms with Crippen molar-refractivity contribution in [3.63, 3.8) is 0 Å². The lowest BCUT2D eigenvalue weighted by molar-refractivity contribution is -0.104. The number of nitrogens with two attached hydrogens (primary N) is 1. The van der Waals surface area contributed by atoms with Gasteiger partial charge in [0, 0.05) is 33.2 Å². The SMILES string of the molecule is CNc1ncnc(N2CCN(C)CC2)c1C=[NH2+]. The molecular weight excluding hydrogens is 216 g/mol. The predicted octanol–water partition coefficient (Wildman–Crippen LogP) is -1.55. The highest BCUT2D eigenvalue weighted by Crippen LogP contribution is 2.21. The number of hydrogen-bond donors (Lipinski definition) is 2. The first kappa shape index (κ1) is 11.8. The highest BCUT2D eigenvalue weighted by Gasteiger charge is 2.20. The number of rotatable bonds is 3. The van der Waals surface area contributed by atoms with Crippen LogP contribution in [-0.2, 0) is 0 Å². The summed E-state index contributed by atoms with van der Waals surface area (Å²) in [6, 6.07) is 0. The van der Waals surface area contributed by atoms with Crippen molar-refractivity contribution < 1.29 is 5.41 Å². The lowest BCUT2D eigenvalue weighted by atomic mass is 10.2. The first-order valence-electron chi connectivity index (χ1n) is 5.77. The number of aromatic nitrogens is 2. The summed E-state index contributed by atoms with van der Waals surface area (Å²) in [5.74, 6) is 1.69. The third-order valence-corrected chi connectivity index (χ3v) is 3.07. The van der Waals surface area contributed by atoms with Gasteiger partial charge in [0.05, 0.1) is 0 Å².